The Kier molecular flexibility index (Phi) is 8.00. The standard InChI is InChI=1S/C19H23F2N3OS/c1-3-24(4-2)16(14-9-6-5-7-10-14)13-23-17(25)15-11-8-12-22-18(15)26-19(20)21/h5-12,16,19H,3-4,13H2,1-2H3,(H,23,25). The second-order valence-corrected chi connectivity index (χ2v) is 6.57. The number of rotatable bonds is 9. The Labute approximate surface area is 157 Å². The maximum atomic E-state index is 12.7. The van der Waals surface area contributed by atoms with Gasteiger partial charge < -0.3 is 5.32 Å². The predicted octanol–water partition coefficient (Wildman–Crippen LogP) is 4.21. The second kappa shape index (κ2) is 10.2. The highest BCUT2D eigenvalue weighted by atomic mass is 32.2. The van der Waals surface area contributed by atoms with E-state index in [9.17, 15) is 13.6 Å². The van der Waals surface area contributed by atoms with Gasteiger partial charge in [0, 0.05) is 12.7 Å². The number of pyridine rings is 1. The Morgan fingerprint density at radius 2 is 1.85 bits per heavy atom. The number of amides is 1. The normalized spacial score (nSPS) is 12.4. The number of hydrogen-bond donors (Lipinski definition) is 1. The number of thioether (sulfide) groups is 1. The van der Waals surface area contributed by atoms with Crippen LogP contribution in [-0.2, 0) is 0 Å². The monoisotopic (exact) mass is 379 g/mol. The van der Waals surface area contributed by atoms with Crippen molar-refractivity contribution in [1.29, 1.82) is 0 Å². The number of carbonyl (C=O) groups excluding carboxylic acids is 1. The number of aromatic nitrogens is 1. The topological polar surface area (TPSA) is 45.2 Å². The van der Waals surface area contributed by atoms with Crippen molar-refractivity contribution in [2.45, 2.75) is 30.7 Å². The fourth-order valence-electron chi connectivity index (χ4n) is 2.82. The van der Waals surface area contributed by atoms with Gasteiger partial charge in [0.05, 0.1) is 11.6 Å². The second-order valence-electron chi connectivity index (χ2n) is 5.59. The summed E-state index contributed by atoms with van der Waals surface area (Å²) >= 11 is 0.284. The van der Waals surface area contributed by atoms with E-state index in [1.165, 1.54) is 12.3 Å². The van der Waals surface area contributed by atoms with E-state index in [0.717, 1.165) is 18.7 Å². The van der Waals surface area contributed by atoms with Crippen LogP contribution in [0.3, 0.4) is 0 Å². The van der Waals surface area contributed by atoms with Crippen LogP contribution in [0.2, 0.25) is 0 Å². The molecule has 1 aromatic heterocycles. The molecule has 7 heteroatoms. The van der Waals surface area contributed by atoms with Crippen molar-refractivity contribution in [3.8, 4) is 0 Å². The van der Waals surface area contributed by atoms with Crippen LogP contribution in [0.15, 0.2) is 53.7 Å². The van der Waals surface area contributed by atoms with Crippen molar-refractivity contribution in [2.75, 3.05) is 19.6 Å². The molecule has 4 nitrogen and oxygen atoms in total. The zero-order valence-corrected chi connectivity index (χ0v) is 15.7. The summed E-state index contributed by atoms with van der Waals surface area (Å²) in [4.78, 5) is 18.7. The van der Waals surface area contributed by atoms with Crippen molar-refractivity contribution in [3.05, 3.63) is 59.8 Å². The molecule has 1 unspecified atom stereocenters. The third kappa shape index (κ3) is 5.51. The summed E-state index contributed by atoms with van der Waals surface area (Å²) in [6, 6.07) is 13.0. The van der Waals surface area contributed by atoms with E-state index in [2.05, 4.69) is 29.0 Å². The highest BCUT2D eigenvalue weighted by Crippen LogP contribution is 2.26. The van der Waals surface area contributed by atoms with E-state index in [4.69, 9.17) is 0 Å². The average molecular weight is 379 g/mol. The molecule has 0 spiro atoms. The summed E-state index contributed by atoms with van der Waals surface area (Å²) in [5.74, 6) is -3.02. The quantitative estimate of drug-likeness (QED) is 0.663. The van der Waals surface area contributed by atoms with Gasteiger partial charge in [-0.15, -0.1) is 0 Å². The number of alkyl halides is 2. The van der Waals surface area contributed by atoms with Crippen LogP contribution in [-0.4, -0.2) is 41.2 Å². The van der Waals surface area contributed by atoms with Gasteiger partial charge in [0.25, 0.3) is 11.7 Å². The third-order valence-corrected chi connectivity index (χ3v) is 4.84. The lowest BCUT2D eigenvalue weighted by Crippen LogP contribution is -2.38. The number of likely N-dealkylation sites (N-methyl/N-ethyl adjacent to an activating group) is 1. The van der Waals surface area contributed by atoms with Gasteiger partial charge in [-0.3, -0.25) is 9.69 Å². The van der Waals surface area contributed by atoms with E-state index in [0.29, 0.717) is 6.54 Å². The van der Waals surface area contributed by atoms with Gasteiger partial charge in [-0.1, -0.05) is 44.2 Å². The number of nitrogens with one attached hydrogen (secondary N) is 1. The smallest absolute Gasteiger partial charge is 0.290 e. The van der Waals surface area contributed by atoms with Crippen molar-refractivity contribution in [2.24, 2.45) is 0 Å². The molecule has 0 aliphatic rings. The fraction of sp³-hybridized carbons (Fsp3) is 0.368. The Morgan fingerprint density at radius 1 is 1.15 bits per heavy atom. The molecule has 26 heavy (non-hydrogen) atoms. The van der Waals surface area contributed by atoms with Crippen LogP contribution in [0.1, 0.15) is 35.8 Å². The zero-order chi connectivity index (χ0) is 18.9. The largest absolute Gasteiger partial charge is 0.350 e. The van der Waals surface area contributed by atoms with Gasteiger partial charge in [-0.25, -0.2) is 4.98 Å². The minimum atomic E-state index is -2.62. The van der Waals surface area contributed by atoms with Gasteiger partial charge in [0.2, 0.25) is 0 Å². The summed E-state index contributed by atoms with van der Waals surface area (Å²) in [5, 5.41) is 2.92. The maximum absolute atomic E-state index is 12.7. The molecule has 1 amide bonds. The molecule has 140 valence electrons. The Hall–Kier alpha value is -1.99. The lowest BCUT2D eigenvalue weighted by molar-refractivity contribution is 0.0931. The average Bonchev–Trinajstić information content (AvgIpc) is 2.65. The lowest BCUT2D eigenvalue weighted by Gasteiger charge is -2.30. The molecule has 2 rings (SSSR count). The Morgan fingerprint density at radius 3 is 2.46 bits per heavy atom. The summed E-state index contributed by atoms with van der Waals surface area (Å²) in [6.45, 7) is 6.20. The van der Waals surface area contributed by atoms with Crippen LogP contribution in [0, 0.1) is 0 Å². The van der Waals surface area contributed by atoms with Crippen LogP contribution in [0.25, 0.3) is 0 Å². The molecule has 0 bridgehead atoms. The maximum Gasteiger partial charge on any atom is 0.290 e. The van der Waals surface area contributed by atoms with Crippen LogP contribution < -0.4 is 5.32 Å². The molecule has 1 heterocycles. The van der Waals surface area contributed by atoms with Gasteiger partial charge in [-0.05, 0) is 42.5 Å². The molecule has 0 saturated heterocycles. The first-order valence-corrected chi connectivity index (χ1v) is 9.41. The fourth-order valence-corrected chi connectivity index (χ4v) is 3.40. The minimum Gasteiger partial charge on any atom is -0.350 e. The lowest BCUT2D eigenvalue weighted by atomic mass is 10.0. The van der Waals surface area contributed by atoms with E-state index in [-0.39, 0.29) is 28.4 Å². The number of nitrogens with zero attached hydrogens (tertiary/aromatic N) is 2. The summed E-state index contributed by atoms with van der Waals surface area (Å²) in [5.41, 5.74) is 1.27. The molecule has 0 aliphatic heterocycles. The van der Waals surface area contributed by atoms with Gasteiger partial charge in [-0.2, -0.15) is 8.78 Å². The summed E-state index contributed by atoms with van der Waals surface area (Å²) in [6.07, 6.45) is 1.41. The molecule has 0 fully saturated rings. The van der Waals surface area contributed by atoms with Crippen molar-refractivity contribution < 1.29 is 13.6 Å². The molecule has 1 atom stereocenters. The van der Waals surface area contributed by atoms with Crippen LogP contribution in [0.4, 0.5) is 8.78 Å². The van der Waals surface area contributed by atoms with E-state index in [1.54, 1.807) is 6.07 Å². The molecule has 1 N–H and O–H groups in total. The van der Waals surface area contributed by atoms with Crippen molar-refractivity contribution in [3.63, 3.8) is 0 Å². The van der Waals surface area contributed by atoms with E-state index < -0.39 is 11.7 Å². The molecule has 0 saturated carbocycles. The molecule has 0 aliphatic carbocycles. The first-order valence-electron chi connectivity index (χ1n) is 8.53. The Bertz CT molecular complexity index is 696. The van der Waals surface area contributed by atoms with E-state index >= 15 is 0 Å². The number of hydrogen-bond acceptors (Lipinski definition) is 4. The zero-order valence-electron chi connectivity index (χ0n) is 14.9. The predicted molar refractivity (Wildman–Crippen MR) is 101 cm³/mol. The first-order chi connectivity index (χ1) is 12.6. The molecular formula is C19H23F2N3OS. The molecular weight excluding hydrogens is 356 g/mol. The van der Waals surface area contributed by atoms with Crippen LogP contribution in [0.5, 0.6) is 0 Å². The van der Waals surface area contributed by atoms with Gasteiger partial charge in [0.1, 0.15) is 5.03 Å². The molecule has 0 radical (unpaired) electrons. The van der Waals surface area contributed by atoms with Crippen LogP contribution >= 0.6 is 11.8 Å². The van der Waals surface area contributed by atoms with E-state index in [1.807, 2.05) is 30.3 Å². The molecule has 1 aromatic carbocycles. The Balaban J connectivity index is 2.15. The number of benzene rings is 1. The van der Waals surface area contributed by atoms with Gasteiger partial charge >= 0.3 is 0 Å². The number of halogens is 2. The van der Waals surface area contributed by atoms with Crippen molar-refractivity contribution in [1.82, 2.24) is 15.2 Å². The SMILES string of the molecule is CCN(CC)C(CNC(=O)c1cccnc1SC(F)F)c1ccccc1. The third-order valence-electron chi connectivity index (χ3n) is 4.11. The summed E-state index contributed by atoms with van der Waals surface area (Å²) < 4.78 is 25.4. The van der Waals surface area contributed by atoms with Gasteiger partial charge in [0.15, 0.2) is 0 Å². The first kappa shape index (κ1) is 20.3. The highest BCUT2D eigenvalue weighted by Gasteiger charge is 2.21. The number of carbonyl (C=O) groups is 1. The minimum absolute atomic E-state index is 0.0121. The summed E-state index contributed by atoms with van der Waals surface area (Å²) in [7, 11) is 0. The van der Waals surface area contributed by atoms with Crippen molar-refractivity contribution >= 4 is 17.7 Å². The molecule has 2 aromatic rings. The highest BCUT2D eigenvalue weighted by molar-refractivity contribution is 7.99.